The van der Waals surface area contributed by atoms with Crippen LogP contribution < -0.4 is 0 Å². The Morgan fingerprint density at radius 3 is 2.69 bits per heavy atom. The topological polar surface area (TPSA) is 87.5 Å². The standard InChI is InChI=1S/C11H11NO4/c1-2-7-4-3-5-12-9(7)10(14)8(6-13)11(15)16/h3-6,14H,2H2,1H3,(H,15,16)/b10-8-. The molecule has 2 N–H and O–H groups in total. The molecule has 0 amide bonds. The number of aldehydes is 1. The highest BCUT2D eigenvalue weighted by molar-refractivity contribution is 6.12. The second kappa shape index (κ2) is 5.06. The van der Waals surface area contributed by atoms with Gasteiger partial charge in [-0.1, -0.05) is 13.0 Å². The van der Waals surface area contributed by atoms with Crippen molar-refractivity contribution in [3.8, 4) is 0 Å². The van der Waals surface area contributed by atoms with Crippen molar-refractivity contribution in [1.29, 1.82) is 0 Å². The van der Waals surface area contributed by atoms with Crippen LogP contribution in [0.1, 0.15) is 18.2 Å². The van der Waals surface area contributed by atoms with Gasteiger partial charge in [0.15, 0.2) is 12.0 Å². The SMILES string of the molecule is CCc1cccnc1/C(O)=C(\C=O)C(=O)O. The van der Waals surface area contributed by atoms with Gasteiger partial charge in [-0.05, 0) is 18.1 Å². The van der Waals surface area contributed by atoms with Gasteiger partial charge in [0.2, 0.25) is 0 Å². The first kappa shape index (κ1) is 11.9. The Morgan fingerprint density at radius 2 is 2.19 bits per heavy atom. The monoisotopic (exact) mass is 221 g/mol. The molecule has 0 aliphatic carbocycles. The fourth-order valence-corrected chi connectivity index (χ4v) is 1.27. The van der Waals surface area contributed by atoms with Crippen LogP contribution in [0.25, 0.3) is 5.76 Å². The molecule has 0 unspecified atom stereocenters. The van der Waals surface area contributed by atoms with Gasteiger partial charge < -0.3 is 10.2 Å². The van der Waals surface area contributed by atoms with Gasteiger partial charge in [0.25, 0.3) is 0 Å². The minimum absolute atomic E-state index is 0.103. The molecule has 16 heavy (non-hydrogen) atoms. The van der Waals surface area contributed by atoms with Gasteiger partial charge >= 0.3 is 5.97 Å². The minimum Gasteiger partial charge on any atom is -0.505 e. The maximum absolute atomic E-state index is 10.7. The molecule has 5 nitrogen and oxygen atoms in total. The summed E-state index contributed by atoms with van der Waals surface area (Å²) in [5, 5.41) is 18.4. The van der Waals surface area contributed by atoms with E-state index >= 15 is 0 Å². The van der Waals surface area contributed by atoms with E-state index in [1.807, 2.05) is 6.92 Å². The number of hydrogen-bond acceptors (Lipinski definition) is 4. The van der Waals surface area contributed by atoms with Gasteiger partial charge in [0.05, 0.1) is 0 Å². The third-order valence-corrected chi connectivity index (χ3v) is 2.10. The van der Waals surface area contributed by atoms with Crippen molar-refractivity contribution < 1.29 is 19.8 Å². The molecule has 5 heteroatoms. The van der Waals surface area contributed by atoms with Gasteiger partial charge in [-0.2, -0.15) is 0 Å². The van der Waals surface area contributed by atoms with E-state index in [4.69, 9.17) is 5.11 Å². The lowest BCUT2D eigenvalue weighted by Crippen LogP contribution is -2.07. The number of carboxylic acid groups (broad SMARTS) is 1. The highest BCUT2D eigenvalue weighted by Crippen LogP contribution is 2.17. The predicted molar refractivity (Wildman–Crippen MR) is 56.9 cm³/mol. The van der Waals surface area contributed by atoms with Crippen molar-refractivity contribution >= 4 is 18.0 Å². The number of aliphatic hydroxyl groups excluding tert-OH is 1. The first-order valence-corrected chi connectivity index (χ1v) is 4.67. The number of carbonyl (C=O) groups excluding carboxylic acids is 1. The average molecular weight is 221 g/mol. The molecule has 0 saturated heterocycles. The third kappa shape index (κ3) is 2.25. The first-order chi connectivity index (χ1) is 7.61. The number of aryl methyl sites for hydroxylation is 1. The molecule has 1 rings (SSSR count). The Bertz CT molecular complexity index is 451. The summed E-state index contributed by atoms with van der Waals surface area (Å²) >= 11 is 0. The van der Waals surface area contributed by atoms with Crippen molar-refractivity contribution in [2.24, 2.45) is 0 Å². The number of aliphatic hydroxyl groups is 1. The highest BCUT2D eigenvalue weighted by Gasteiger charge is 2.17. The van der Waals surface area contributed by atoms with E-state index in [0.29, 0.717) is 12.0 Å². The number of hydrogen-bond donors (Lipinski definition) is 2. The summed E-state index contributed by atoms with van der Waals surface area (Å²) in [6.45, 7) is 1.84. The number of pyridine rings is 1. The summed E-state index contributed by atoms with van der Waals surface area (Å²) in [6.07, 6.45) is 2.11. The van der Waals surface area contributed by atoms with Crippen LogP contribution in [0.5, 0.6) is 0 Å². The van der Waals surface area contributed by atoms with Crippen LogP contribution in [0.3, 0.4) is 0 Å². The molecule has 0 fully saturated rings. The van der Waals surface area contributed by atoms with Crippen LogP contribution in [0.15, 0.2) is 23.9 Å². The molecule has 1 aromatic rings. The van der Waals surface area contributed by atoms with Crippen molar-refractivity contribution in [2.75, 3.05) is 0 Å². The number of carboxylic acids is 1. The van der Waals surface area contributed by atoms with Crippen molar-refractivity contribution in [2.45, 2.75) is 13.3 Å². The van der Waals surface area contributed by atoms with E-state index in [0.717, 1.165) is 0 Å². The maximum Gasteiger partial charge on any atom is 0.342 e. The smallest absolute Gasteiger partial charge is 0.342 e. The Morgan fingerprint density at radius 1 is 1.50 bits per heavy atom. The van der Waals surface area contributed by atoms with E-state index in [-0.39, 0.29) is 12.0 Å². The number of rotatable bonds is 4. The van der Waals surface area contributed by atoms with Gasteiger partial charge in [-0.3, -0.25) is 9.78 Å². The highest BCUT2D eigenvalue weighted by atomic mass is 16.4. The van der Waals surface area contributed by atoms with Crippen molar-refractivity contribution in [3.63, 3.8) is 0 Å². The number of carbonyl (C=O) groups is 2. The fourth-order valence-electron chi connectivity index (χ4n) is 1.27. The zero-order valence-corrected chi connectivity index (χ0v) is 8.67. The Balaban J connectivity index is 3.37. The van der Waals surface area contributed by atoms with Crippen molar-refractivity contribution in [1.82, 2.24) is 4.98 Å². The normalized spacial score (nSPS) is 11.8. The van der Waals surface area contributed by atoms with Crippen LogP contribution in [0, 0.1) is 0 Å². The Hall–Kier alpha value is -2.17. The van der Waals surface area contributed by atoms with Gasteiger partial charge in [-0.25, -0.2) is 4.79 Å². The maximum atomic E-state index is 10.7. The molecular weight excluding hydrogens is 210 g/mol. The summed E-state index contributed by atoms with van der Waals surface area (Å²) in [7, 11) is 0. The quantitative estimate of drug-likeness (QED) is 0.262. The Labute approximate surface area is 92.1 Å². The number of aromatic nitrogens is 1. The molecule has 1 aromatic heterocycles. The van der Waals surface area contributed by atoms with Crippen LogP contribution in [0.4, 0.5) is 0 Å². The van der Waals surface area contributed by atoms with E-state index in [2.05, 4.69) is 4.98 Å². The van der Waals surface area contributed by atoms with E-state index in [1.54, 1.807) is 12.1 Å². The summed E-state index contributed by atoms with van der Waals surface area (Å²) in [4.78, 5) is 25.1. The largest absolute Gasteiger partial charge is 0.505 e. The second-order valence-electron chi connectivity index (χ2n) is 3.05. The van der Waals surface area contributed by atoms with Crippen LogP contribution in [-0.4, -0.2) is 27.5 Å². The second-order valence-corrected chi connectivity index (χ2v) is 3.05. The van der Waals surface area contributed by atoms with Crippen molar-refractivity contribution in [3.05, 3.63) is 35.2 Å². The molecule has 0 aliphatic heterocycles. The number of aliphatic carboxylic acids is 1. The lowest BCUT2D eigenvalue weighted by molar-refractivity contribution is -0.133. The summed E-state index contributed by atoms with van der Waals surface area (Å²) in [5.74, 6) is -2.07. The molecule has 0 aliphatic rings. The summed E-state index contributed by atoms with van der Waals surface area (Å²) < 4.78 is 0. The number of nitrogens with zero attached hydrogens (tertiary/aromatic N) is 1. The van der Waals surface area contributed by atoms with Gasteiger partial charge in [-0.15, -0.1) is 0 Å². The fraction of sp³-hybridized carbons (Fsp3) is 0.182. The third-order valence-electron chi connectivity index (χ3n) is 2.10. The molecule has 84 valence electrons. The molecular formula is C11H11NO4. The summed E-state index contributed by atoms with van der Waals surface area (Å²) in [5.41, 5.74) is 0.128. The van der Waals surface area contributed by atoms with E-state index < -0.39 is 17.3 Å². The van der Waals surface area contributed by atoms with Crippen LogP contribution in [0.2, 0.25) is 0 Å². The lowest BCUT2D eigenvalue weighted by atomic mass is 10.1. The van der Waals surface area contributed by atoms with E-state index in [9.17, 15) is 14.7 Å². The average Bonchev–Trinajstić information content (AvgIpc) is 2.29. The first-order valence-electron chi connectivity index (χ1n) is 4.67. The molecule has 0 saturated carbocycles. The molecule has 0 bridgehead atoms. The lowest BCUT2D eigenvalue weighted by Gasteiger charge is -2.06. The van der Waals surface area contributed by atoms with Crippen LogP contribution >= 0.6 is 0 Å². The minimum atomic E-state index is -1.47. The zero-order chi connectivity index (χ0) is 12.1. The molecule has 0 atom stereocenters. The molecule has 0 radical (unpaired) electrons. The van der Waals surface area contributed by atoms with E-state index in [1.165, 1.54) is 6.20 Å². The van der Waals surface area contributed by atoms with Gasteiger partial charge in [0.1, 0.15) is 11.3 Å². The molecule has 1 heterocycles. The van der Waals surface area contributed by atoms with Gasteiger partial charge in [0, 0.05) is 6.20 Å². The molecule has 0 aromatic carbocycles. The predicted octanol–water partition coefficient (Wildman–Crippen LogP) is 1.20. The zero-order valence-electron chi connectivity index (χ0n) is 8.67. The Kier molecular flexibility index (Phi) is 3.77. The van der Waals surface area contributed by atoms with Crippen LogP contribution in [-0.2, 0) is 16.0 Å². The summed E-state index contributed by atoms with van der Waals surface area (Å²) in [6, 6.07) is 3.39. The molecule has 0 spiro atoms.